The second kappa shape index (κ2) is 5.85. The van der Waals surface area contributed by atoms with E-state index >= 15 is 0 Å². The average Bonchev–Trinajstić information content (AvgIpc) is 2.39. The van der Waals surface area contributed by atoms with Gasteiger partial charge in [0.15, 0.2) is 0 Å². The van der Waals surface area contributed by atoms with Crippen LogP contribution in [-0.4, -0.2) is 15.8 Å². The van der Waals surface area contributed by atoms with Gasteiger partial charge < -0.3 is 5.32 Å². The van der Waals surface area contributed by atoms with Crippen LogP contribution < -0.4 is 5.32 Å². The van der Waals surface area contributed by atoms with Gasteiger partial charge in [0.2, 0.25) is 5.82 Å². The Balaban J connectivity index is 2.29. The predicted octanol–water partition coefficient (Wildman–Crippen LogP) is 3.55. The molecule has 0 bridgehead atoms. The number of nitrogens with zero attached hydrogens (tertiary/aromatic N) is 2. The number of nitrogens with one attached hydrogen (secondary N) is 1. The highest BCUT2D eigenvalue weighted by atomic mass is 35.5. The molecule has 102 valence electrons. The molecule has 0 spiro atoms. The zero-order chi connectivity index (χ0) is 14.7. The third-order valence-electron chi connectivity index (χ3n) is 2.38. The summed E-state index contributed by atoms with van der Waals surface area (Å²) in [4.78, 5) is 25.9. The molecule has 0 fully saturated rings. The number of nitro groups is 1. The van der Waals surface area contributed by atoms with Gasteiger partial charge >= 0.3 is 5.69 Å². The van der Waals surface area contributed by atoms with Crippen LogP contribution in [-0.2, 0) is 0 Å². The molecule has 1 heterocycles. The first-order valence-corrected chi connectivity index (χ1v) is 6.11. The summed E-state index contributed by atoms with van der Waals surface area (Å²) in [5, 5.41) is 13.7. The normalized spacial score (nSPS) is 10.1. The van der Waals surface area contributed by atoms with Crippen LogP contribution in [0.15, 0.2) is 36.4 Å². The number of hydrogen-bond donors (Lipinski definition) is 1. The molecule has 0 aliphatic heterocycles. The number of hydrogen-bond acceptors (Lipinski definition) is 4. The van der Waals surface area contributed by atoms with Gasteiger partial charge in [-0.15, -0.1) is 0 Å². The van der Waals surface area contributed by atoms with Crippen molar-refractivity contribution in [2.24, 2.45) is 0 Å². The summed E-state index contributed by atoms with van der Waals surface area (Å²) in [6, 6.07) is 8.51. The maximum atomic E-state index is 12.0. The number of carbonyl (C=O) groups is 1. The van der Waals surface area contributed by atoms with Gasteiger partial charge in [-0.25, -0.2) is 4.98 Å². The van der Waals surface area contributed by atoms with E-state index in [-0.39, 0.29) is 16.7 Å². The van der Waals surface area contributed by atoms with E-state index in [4.69, 9.17) is 23.2 Å². The number of anilines is 1. The molecule has 0 radical (unpaired) electrons. The van der Waals surface area contributed by atoms with Crippen molar-refractivity contribution in [2.45, 2.75) is 0 Å². The van der Waals surface area contributed by atoms with E-state index in [0.717, 1.165) is 0 Å². The van der Waals surface area contributed by atoms with E-state index in [1.807, 2.05) is 0 Å². The molecule has 1 N–H and O–H groups in total. The summed E-state index contributed by atoms with van der Waals surface area (Å²) in [6.07, 6.45) is 0. The van der Waals surface area contributed by atoms with Crippen molar-refractivity contribution in [3.8, 4) is 0 Å². The molecule has 20 heavy (non-hydrogen) atoms. The minimum absolute atomic E-state index is 0.0435. The summed E-state index contributed by atoms with van der Waals surface area (Å²) >= 11 is 11.4. The van der Waals surface area contributed by atoms with Gasteiger partial charge in [-0.1, -0.05) is 23.2 Å². The smallest absolute Gasteiger partial charge is 0.301 e. The van der Waals surface area contributed by atoms with Crippen molar-refractivity contribution >= 4 is 40.6 Å². The molecule has 0 aliphatic carbocycles. The number of benzene rings is 1. The van der Waals surface area contributed by atoms with Crippen LogP contribution in [0.1, 0.15) is 10.4 Å². The summed E-state index contributed by atoms with van der Waals surface area (Å²) < 4.78 is 0. The fourth-order valence-corrected chi connectivity index (χ4v) is 1.72. The van der Waals surface area contributed by atoms with Crippen molar-refractivity contribution in [3.63, 3.8) is 0 Å². The first kappa shape index (κ1) is 14.2. The van der Waals surface area contributed by atoms with E-state index in [9.17, 15) is 14.9 Å². The second-order valence-corrected chi connectivity index (χ2v) is 4.54. The Bertz CT molecular complexity index is 674. The maximum absolute atomic E-state index is 12.0. The summed E-state index contributed by atoms with van der Waals surface area (Å²) in [6.45, 7) is 0. The van der Waals surface area contributed by atoms with Crippen LogP contribution in [0.4, 0.5) is 11.5 Å². The van der Waals surface area contributed by atoms with Crippen molar-refractivity contribution in [2.75, 3.05) is 5.32 Å². The fourth-order valence-electron chi connectivity index (χ4n) is 1.45. The van der Waals surface area contributed by atoms with E-state index in [1.165, 1.54) is 36.4 Å². The lowest BCUT2D eigenvalue weighted by atomic mass is 10.2. The molecular formula is C12H7Cl2N3O3. The molecule has 6 nitrogen and oxygen atoms in total. The Morgan fingerprint density at radius 1 is 1.15 bits per heavy atom. The maximum Gasteiger partial charge on any atom is 0.311 e. The van der Waals surface area contributed by atoms with Crippen molar-refractivity contribution < 1.29 is 9.72 Å². The monoisotopic (exact) mass is 311 g/mol. The molecule has 0 atom stereocenters. The highest BCUT2D eigenvalue weighted by molar-refractivity contribution is 6.30. The Kier molecular flexibility index (Phi) is 4.16. The number of halogens is 2. The molecule has 0 aliphatic rings. The third kappa shape index (κ3) is 3.23. The van der Waals surface area contributed by atoms with Crippen molar-refractivity contribution in [3.05, 3.63) is 62.3 Å². The topological polar surface area (TPSA) is 85.1 Å². The van der Waals surface area contributed by atoms with Crippen molar-refractivity contribution in [1.29, 1.82) is 0 Å². The van der Waals surface area contributed by atoms with E-state index in [1.54, 1.807) is 0 Å². The van der Waals surface area contributed by atoms with Gasteiger partial charge in [-0.3, -0.25) is 14.9 Å². The molecule has 2 aromatic rings. The lowest BCUT2D eigenvalue weighted by molar-refractivity contribution is -0.384. The molecule has 1 aromatic carbocycles. The van der Waals surface area contributed by atoms with Crippen LogP contribution in [0.5, 0.6) is 0 Å². The first-order chi connectivity index (χ1) is 9.47. The fraction of sp³-hybridized carbons (Fsp3) is 0. The molecule has 8 heteroatoms. The van der Waals surface area contributed by atoms with E-state index in [0.29, 0.717) is 10.6 Å². The van der Waals surface area contributed by atoms with E-state index in [2.05, 4.69) is 10.3 Å². The van der Waals surface area contributed by atoms with Crippen LogP contribution in [0.25, 0.3) is 0 Å². The van der Waals surface area contributed by atoms with Gasteiger partial charge in [0.1, 0.15) is 5.15 Å². The zero-order valence-electron chi connectivity index (χ0n) is 9.84. The Hall–Kier alpha value is -2.18. The number of rotatable bonds is 3. The Labute approximate surface area is 123 Å². The van der Waals surface area contributed by atoms with Gasteiger partial charge in [0.25, 0.3) is 5.91 Å². The number of carbonyl (C=O) groups excluding carboxylic acids is 1. The minimum atomic E-state index is -0.652. The second-order valence-electron chi connectivity index (χ2n) is 3.72. The molecule has 1 aromatic heterocycles. The van der Waals surface area contributed by atoms with Crippen LogP contribution in [0.2, 0.25) is 10.2 Å². The zero-order valence-corrected chi connectivity index (χ0v) is 11.4. The SMILES string of the molecule is O=C(Nc1nc(Cl)ccc1[N+](=O)[O-])c1ccc(Cl)cc1. The summed E-state index contributed by atoms with van der Waals surface area (Å²) in [7, 11) is 0. The lowest BCUT2D eigenvalue weighted by Gasteiger charge is -2.05. The van der Waals surface area contributed by atoms with Gasteiger partial charge in [0, 0.05) is 16.7 Å². The average molecular weight is 312 g/mol. The molecule has 1 amide bonds. The number of amides is 1. The van der Waals surface area contributed by atoms with Gasteiger partial charge in [0.05, 0.1) is 4.92 Å². The van der Waals surface area contributed by atoms with Crippen molar-refractivity contribution in [1.82, 2.24) is 4.98 Å². The number of pyridine rings is 1. The van der Waals surface area contributed by atoms with Crippen LogP contribution >= 0.6 is 23.2 Å². The van der Waals surface area contributed by atoms with Gasteiger partial charge in [-0.05, 0) is 30.3 Å². The number of aromatic nitrogens is 1. The first-order valence-electron chi connectivity index (χ1n) is 5.35. The highest BCUT2D eigenvalue weighted by Crippen LogP contribution is 2.24. The molecule has 2 rings (SSSR count). The molecule has 0 saturated heterocycles. The molecule has 0 saturated carbocycles. The highest BCUT2D eigenvalue weighted by Gasteiger charge is 2.18. The Morgan fingerprint density at radius 2 is 1.80 bits per heavy atom. The minimum Gasteiger partial charge on any atom is -0.301 e. The molecular weight excluding hydrogens is 305 g/mol. The predicted molar refractivity (Wildman–Crippen MR) is 75.3 cm³/mol. The quantitative estimate of drug-likeness (QED) is 0.533. The molecule has 0 unspecified atom stereocenters. The van der Waals surface area contributed by atoms with Crippen LogP contribution in [0, 0.1) is 10.1 Å². The third-order valence-corrected chi connectivity index (χ3v) is 2.84. The van der Waals surface area contributed by atoms with Gasteiger partial charge in [-0.2, -0.15) is 0 Å². The Morgan fingerprint density at radius 3 is 2.40 bits per heavy atom. The largest absolute Gasteiger partial charge is 0.311 e. The lowest BCUT2D eigenvalue weighted by Crippen LogP contribution is -2.14. The van der Waals surface area contributed by atoms with Crippen LogP contribution in [0.3, 0.4) is 0 Å². The summed E-state index contributed by atoms with van der Waals surface area (Å²) in [5.41, 5.74) is -0.0396. The summed E-state index contributed by atoms with van der Waals surface area (Å²) in [5.74, 6) is -0.748. The standard InChI is InChI=1S/C12H7Cl2N3O3/c13-8-3-1-7(2-4-8)12(18)16-11-9(17(19)20)5-6-10(14)15-11/h1-6H,(H,15,16,18). The van der Waals surface area contributed by atoms with E-state index < -0.39 is 10.8 Å².